The van der Waals surface area contributed by atoms with E-state index in [1.54, 1.807) is 24.1 Å². The molecule has 5 heteroatoms. The molecule has 1 atom stereocenters. The fourth-order valence-electron chi connectivity index (χ4n) is 2.15. The van der Waals surface area contributed by atoms with Gasteiger partial charge in [0.2, 0.25) is 0 Å². The molecule has 1 aliphatic rings. The van der Waals surface area contributed by atoms with Crippen molar-refractivity contribution in [3.05, 3.63) is 35.9 Å². The standard InChI is InChI=1S/C15H24N2O2S/c1-4-14(10-12(3)16)20-17-9-7-6-8-13(17)11-15(18)19-5-2/h4,10,13H,1,3,5-9,11,16H2,2H3/b14-10+. The normalized spacial score (nSPS) is 20.4. The van der Waals surface area contributed by atoms with Gasteiger partial charge in [-0.15, -0.1) is 0 Å². The first-order valence-electron chi connectivity index (χ1n) is 6.95. The van der Waals surface area contributed by atoms with E-state index in [0.717, 1.165) is 30.7 Å². The van der Waals surface area contributed by atoms with Crippen LogP contribution in [0, 0.1) is 0 Å². The van der Waals surface area contributed by atoms with Crippen molar-refractivity contribution in [2.75, 3.05) is 13.2 Å². The number of piperidine rings is 1. The predicted octanol–water partition coefficient (Wildman–Crippen LogP) is 2.98. The highest BCUT2D eigenvalue weighted by atomic mass is 32.2. The zero-order valence-electron chi connectivity index (χ0n) is 12.1. The number of nitrogens with two attached hydrogens (primary N) is 1. The van der Waals surface area contributed by atoms with Gasteiger partial charge < -0.3 is 10.5 Å². The summed E-state index contributed by atoms with van der Waals surface area (Å²) in [4.78, 5) is 12.6. The molecule has 0 amide bonds. The first-order chi connectivity index (χ1) is 9.56. The van der Waals surface area contributed by atoms with Crippen molar-refractivity contribution in [2.24, 2.45) is 5.73 Å². The van der Waals surface area contributed by atoms with Crippen molar-refractivity contribution in [3.63, 3.8) is 0 Å². The smallest absolute Gasteiger partial charge is 0.307 e. The molecule has 4 nitrogen and oxygen atoms in total. The van der Waals surface area contributed by atoms with Gasteiger partial charge in [0, 0.05) is 23.2 Å². The summed E-state index contributed by atoms with van der Waals surface area (Å²) in [5, 5.41) is 0. The van der Waals surface area contributed by atoms with E-state index >= 15 is 0 Å². The number of hydrogen-bond donors (Lipinski definition) is 1. The van der Waals surface area contributed by atoms with Crippen LogP contribution < -0.4 is 5.73 Å². The summed E-state index contributed by atoms with van der Waals surface area (Å²) < 4.78 is 7.28. The van der Waals surface area contributed by atoms with Gasteiger partial charge in [-0.3, -0.25) is 4.79 Å². The Bertz CT molecular complexity index is 393. The Labute approximate surface area is 125 Å². The number of ether oxygens (including phenoxy) is 1. The van der Waals surface area contributed by atoms with Crippen molar-refractivity contribution in [1.29, 1.82) is 0 Å². The van der Waals surface area contributed by atoms with Crippen LogP contribution in [0.15, 0.2) is 35.9 Å². The molecule has 1 heterocycles. The minimum atomic E-state index is -0.127. The van der Waals surface area contributed by atoms with E-state index in [1.807, 2.05) is 6.92 Å². The number of nitrogens with zero attached hydrogens (tertiary/aromatic N) is 1. The Hall–Kier alpha value is -1.20. The SMILES string of the molecule is C=C/C(=C\C(=C)N)SN1CCCCC1CC(=O)OCC. The number of carbonyl (C=O) groups excluding carboxylic acids is 1. The third kappa shape index (κ3) is 5.84. The van der Waals surface area contributed by atoms with Crippen LogP contribution >= 0.6 is 11.9 Å². The Kier molecular flexibility index (Phi) is 7.47. The van der Waals surface area contributed by atoms with Crippen molar-refractivity contribution in [2.45, 2.75) is 38.6 Å². The van der Waals surface area contributed by atoms with Gasteiger partial charge in [-0.05, 0) is 37.8 Å². The maximum Gasteiger partial charge on any atom is 0.307 e. The van der Waals surface area contributed by atoms with Gasteiger partial charge in [0.15, 0.2) is 0 Å². The minimum Gasteiger partial charge on any atom is -0.466 e. The Morgan fingerprint density at radius 3 is 2.90 bits per heavy atom. The van der Waals surface area contributed by atoms with Gasteiger partial charge in [-0.25, -0.2) is 4.31 Å². The van der Waals surface area contributed by atoms with E-state index < -0.39 is 0 Å². The Balaban J connectivity index is 2.66. The predicted molar refractivity (Wildman–Crippen MR) is 84.8 cm³/mol. The third-order valence-corrected chi connectivity index (χ3v) is 4.24. The first-order valence-corrected chi connectivity index (χ1v) is 7.73. The van der Waals surface area contributed by atoms with Crippen LogP contribution in [0.25, 0.3) is 0 Å². The average molecular weight is 296 g/mol. The van der Waals surface area contributed by atoms with E-state index in [-0.39, 0.29) is 12.0 Å². The molecule has 0 spiro atoms. The van der Waals surface area contributed by atoms with Crippen molar-refractivity contribution < 1.29 is 9.53 Å². The summed E-state index contributed by atoms with van der Waals surface area (Å²) in [5.74, 6) is -0.127. The summed E-state index contributed by atoms with van der Waals surface area (Å²) in [6.45, 7) is 10.7. The van der Waals surface area contributed by atoms with Gasteiger partial charge in [0.05, 0.1) is 13.0 Å². The molecule has 0 aromatic carbocycles. The van der Waals surface area contributed by atoms with Gasteiger partial charge >= 0.3 is 5.97 Å². The highest BCUT2D eigenvalue weighted by Gasteiger charge is 2.26. The fraction of sp³-hybridized carbons (Fsp3) is 0.533. The Morgan fingerprint density at radius 1 is 1.55 bits per heavy atom. The molecule has 112 valence electrons. The minimum absolute atomic E-state index is 0.127. The summed E-state index contributed by atoms with van der Waals surface area (Å²) in [6, 6.07) is 0.210. The number of rotatable bonds is 7. The molecule has 0 saturated carbocycles. The molecule has 1 rings (SSSR count). The highest BCUT2D eigenvalue weighted by Crippen LogP contribution is 2.31. The fourth-order valence-corrected chi connectivity index (χ4v) is 3.25. The van der Waals surface area contributed by atoms with Crippen LogP contribution in [0.4, 0.5) is 0 Å². The second-order valence-corrected chi connectivity index (χ2v) is 5.84. The summed E-state index contributed by atoms with van der Waals surface area (Å²) in [7, 11) is 0. The van der Waals surface area contributed by atoms with E-state index in [4.69, 9.17) is 10.5 Å². The van der Waals surface area contributed by atoms with Crippen molar-refractivity contribution in [3.8, 4) is 0 Å². The second-order valence-electron chi connectivity index (χ2n) is 4.72. The van der Waals surface area contributed by atoms with Crippen LogP contribution in [-0.2, 0) is 9.53 Å². The number of esters is 1. The maximum absolute atomic E-state index is 11.7. The monoisotopic (exact) mass is 296 g/mol. The molecule has 0 radical (unpaired) electrons. The summed E-state index contributed by atoms with van der Waals surface area (Å²) >= 11 is 1.59. The highest BCUT2D eigenvalue weighted by molar-refractivity contribution is 8.01. The molecule has 0 aromatic heterocycles. The summed E-state index contributed by atoms with van der Waals surface area (Å²) in [6.07, 6.45) is 7.30. The molecular weight excluding hydrogens is 272 g/mol. The molecule has 20 heavy (non-hydrogen) atoms. The topological polar surface area (TPSA) is 55.6 Å². The van der Waals surface area contributed by atoms with E-state index in [9.17, 15) is 4.79 Å². The largest absolute Gasteiger partial charge is 0.466 e. The van der Waals surface area contributed by atoms with E-state index in [2.05, 4.69) is 17.5 Å². The van der Waals surface area contributed by atoms with Gasteiger partial charge in [0.1, 0.15) is 0 Å². The molecular formula is C15H24N2O2S. The third-order valence-electron chi connectivity index (χ3n) is 3.03. The number of carbonyl (C=O) groups is 1. The molecule has 0 aliphatic carbocycles. The zero-order valence-corrected chi connectivity index (χ0v) is 13.0. The van der Waals surface area contributed by atoms with Crippen LogP contribution in [-0.4, -0.2) is 29.5 Å². The molecule has 1 fully saturated rings. The zero-order chi connectivity index (χ0) is 15.0. The maximum atomic E-state index is 11.7. The Morgan fingerprint density at radius 2 is 2.30 bits per heavy atom. The second kappa shape index (κ2) is 8.87. The lowest BCUT2D eigenvalue weighted by Gasteiger charge is -2.34. The van der Waals surface area contributed by atoms with Crippen LogP contribution in [0.3, 0.4) is 0 Å². The van der Waals surface area contributed by atoms with Crippen molar-refractivity contribution >= 4 is 17.9 Å². The molecule has 1 aliphatic heterocycles. The van der Waals surface area contributed by atoms with Crippen LogP contribution in [0.1, 0.15) is 32.6 Å². The number of hydrogen-bond acceptors (Lipinski definition) is 5. The summed E-state index contributed by atoms with van der Waals surface area (Å²) in [5.41, 5.74) is 6.11. The van der Waals surface area contributed by atoms with Gasteiger partial charge in [-0.1, -0.05) is 25.7 Å². The van der Waals surface area contributed by atoms with Gasteiger partial charge in [-0.2, -0.15) is 0 Å². The van der Waals surface area contributed by atoms with Crippen LogP contribution in [0.2, 0.25) is 0 Å². The lowest BCUT2D eigenvalue weighted by Crippen LogP contribution is -2.36. The lowest BCUT2D eigenvalue weighted by atomic mass is 10.0. The molecule has 0 aromatic rings. The van der Waals surface area contributed by atoms with Gasteiger partial charge in [0.25, 0.3) is 0 Å². The van der Waals surface area contributed by atoms with E-state index in [1.165, 1.54) is 0 Å². The quantitative estimate of drug-likeness (QED) is 0.445. The van der Waals surface area contributed by atoms with Crippen molar-refractivity contribution in [1.82, 2.24) is 4.31 Å². The van der Waals surface area contributed by atoms with E-state index in [0.29, 0.717) is 18.7 Å². The molecule has 1 unspecified atom stereocenters. The lowest BCUT2D eigenvalue weighted by molar-refractivity contribution is -0.144. The van der Waals surface area contributed by atoms with Crippen LogP contribution in [0.5, 0.6) is 0 Å². The average Bonchev–Trinajstić information content (AvgIpc) is 2.39. The number of allylic oxidation sites excluding steroid dienone is 2. The molecule has 2 N–H and O–H groups in total. The first kappa shape index (κ1) is 16.9. The molecule has 0 bridgehead atoms. The molecule has 1 saturated heterocycles.